The second-order valence-electron chi connectivity index (χ2n) is 5.22. The molecule has 0 radical (unpaired) electrons. The van der Waals surface area contributed by atoms with Gasteiger partial charge >= 0.3 is 6.09 Å². The lowest BCUT2D eigenvalue weighted by atomic mass is 10.3. The fraction of sp³-hybridized carbons (Fsp3) is 0.235. The molecule has 0 spiro atoms. The van der Waals surface area contributed by atoms with Crippen molar-refractivity contribution in [3.05, 3.63) is 52.1 Å². The minimum atomic E-state index is -3.70. The summed E-state index contributed by atoms with van der Waals surface area (Å²) in [5.41, 5.74) is 0.986. The third kappa shape index (κ3) is 5.89. The fourth-order valence-corrected chi connectivity index (χ4v) is 3.71. The Balaban J connectivity index is 2.03. The minimum Gasteiger partial charge on any atom is -0.449 e. The molecule has 0 unspecified atom stereocenters. The Morgan fingerprint density at radius 1 is 1.12 bits per heavy atom. The quantitative estimate of drug-likeness (QED) is 0.459. The molecule has 0 aliphatic carbocycles. The highest BCUT2D eigenvalue weighted by Crippen LogP contribution is 2.22. The average molecular weight is 474 g/mol. The lowest BCUT2D eigenvalue weighted by Crippen LogP contribution is -2.15. The first-order valence-electron chi connectivity index (χ1n) is 7.73. The predicted molar refractivity (Wildman–Crippen MR) is 106 cm³/mol. The molecular formula is C17H19IN2O4S. The molecule has 0 atom stereocenters. The van der Waals surface area contributed by atoms with Crippen molar-refractivity contribution < 1.29 is 17.9 Å². The number of carbonyl (C=O) groups is 1. The molecule has 1 amide bonds. The molecule has 6 nitrogen and oxygen atoms in total. The highest BCUT2D eigenvalue weighted by Gasteiger charge is 2.15. The Labute approximate surface area is 161 Å². The molecule has 0 saturated carbocycles. The van der Waals surface area contributed by atoms with Gasteiger partial charge in [-0.3, -0.25) is 10.0 Å². The number of unbranched alkanes of at least 4 members (excludes halogenated alkanes) is 1. The van der Waals surface area contributed by atoms with Gasteiger partial charge in [0.25, 0.3) is 10.0 Å². The molecule has 0 bridgehead atoms. The molecule has 25 heavy (non-hydrogen) atoms. The Morgan fingerprint density at radius 3 is 2.44 bits per heavy atom. The normalized spacial score (nSPS) is 11.0. The summed E-state index contributed by atoms with van der Waals surface area (Å²) in [6, 6.07) is 13.0. The largest absolute Gasteiger partial charge is 0.449 e. The Kier molecular flexibility index (Phi) is 7.06. The van der Waals surface area contributed by atoms with Gasteiger partial charge in [0.1, 0.15) is 0 Å². The molecule has 2 aromatic rings. The zero-order chi connectivity index (χ0) is 18.3. The predicted octanol–water partition coefficient (Wildman–Crippen LogP) is 4.44. The van der Waals surface area contributed by atoms with E-state index in [1.54, 1.807) is 12.1 Å². The summed E-state index contributed by atoms with van der Waals surface area (Å²) in [4.78, 5) is 11.7. The van der Waals surface area contributed by atoms with Gasteiger partial charge in [-0.25, -0.2) is 13.2 Å². The molecule has 0 aromatic heterocycles. The van der Waals surface area contributed by atoms with Crippen molar-refractivity contribution in [2.24, 2.45) is 0 Å². The summed E-state index contributed by atoms with van der Waals surface area (Å²) < 4.78 is 33.2. The number of benzene rings is 2. The van der Waals surface area contributed by atoms with Gasteiger partial charge in [0.05, 0.1) is 17.2 Å². The number of nitrogens with one attached hydrogen (secondary N) is 2. The first-order chi connectivity index (χ1) is 11.9. The molecular weight excluding hydrogens is 455 g/mol. The van der Waals surface area contributed by atoms with Gasteiger partial charge in [0.15, 0.2) is 0 Å². The average Bonchev–Trinajstić information content (AvgIpc) is 2.57. The third-order valence-corrected chi connectivity index (χ3v) is 5.58. The van der Waals surface area contributed by atoms with E-state index in [2.05, 4.69) is 32.6 Å². The van der Waals surface area contributed by atoms with Gasteiger partial charge in [-0.05, 0) is 65.4 Å². The summed E-state index contributed by atoms with van der Waals surface area (Å²) in [7, 11) is -3.70. The van der Waals surface area contributed by atoms with Crippen LogP contribution in [-0.2, 0) is 14.8 Å². The number of rotatable bonds is 7. The van der Waals surface area contributed by atoms with Crippen molar-refractivity contribution in [1.82, 2.24) is 0 Å². The molecule has 134 valence electrons. The van der Waals surface area contributed by atoms with Gasteiger partial charge < -0.3 is 4.74 Å². The molecule has 0 aliphatic rings. The zero-order valence-electron chi connectivity index (χ0n) is 13.7. The molecule has 2 N–H and O–H groups in total. The lowest BCUT2D eigenvalue weighted by molar-refractivity contribution is 0.160. The molecule has 0 heterocycles. The highest BCUT2D eigenvalue weighted by molar-refractivity contribution is 14.1. The minimum absolute atomic E-state index is 0.108. The van der Waals surface area contributed by atoms with Crippen molar-refractivity contribution >= 4 is 50.1 Å². The van der Waals surface area contributed by atoms with Crippen LogP contribution in [0.2, 0.25) is 0 Å². The zero-order valence-corrected chi connectivity index (χ0v) is 16.6. The maximum absolute atomic E-state index is 12.4. The van der Waals surface area contributed by atoms with Gasteiger partial charge in [-0.15, -0.1) is 0 Å². The summed E-state index contributed by atoms with van der Waals surface area (Å²) >= 11 is 2.06. The summed E-state index contributed by atoms with van der Waals surface area (Å²) in [5, 5.41) is 2.56. The van der Waals surface area contributed by atoms with Crippen molar-refractivity contribution in [3.63, 3.8) is 0 Å². The van der Waals surface area contributed by atoms with E-state index in [0.29, 0.717) is 18.0 Å². The van der Waals surface area contributed by atoms with Crippen LogP contribution in [0.3, 0.4) is 0 Å². The van der Waals surface area contributed by atoms with Crippen LogP contribution in [0.4, 0.5) is 16.2 Å². The van der Waals surface area contributed by atoms with E-state index >= 15 is 0 Å². The number of halogens is 1. The number of sulfonamides is 1. The van der Waals surface area contributed by atoms with Crippen LogP contribution in [0.15, 0.2) is 53.4 Å². The van der Waals surface area contributed by atoms with E-state index < -0.39 is 16.1 Å². The molecule has 0 saturated heterocycles. The van der Waals surface area contributed by atoms with Crippen LogP contribution in [-0.4, -0.2) is 21.1 Å². The molecule has 0 fully saturated rings. The number of ether oxygens (including phenoxy) is 1. The first-order valence-corrected chi connectivity index (χ1v) is 10.3. The Hall–Kier alpha value is -1.81. The van der Waals surface area contributed by atoms with E-state index in [4.69, 9.17) is 4.74 Å². The number of hydrogen-bond acceptors (Lipinski definition) is 4. The van der Waals surface area contributed by atoms with Crippen LogP contribution in [0.1, 0.15) is 19.8 Å². The molecule has 8 heteroatoms. The number of anilines is 2. The Morgan fingerprint density at radius 2 is 1.80 bits per heavy atom. The third-order valence-electron chi connectivity index (χ3n) is 3.26. The summed E-state index contributed by atoms with van der Waals surface area (Å²) in [6.07, 6.45) is 1.18. The Bertz CT molecular complexity index is 823. The number of hydrogen-bond donors (Lipinski definition) is 2. The topological polar surface area (TPSA) is 84.5 Å². The van der Waals surface area contributed by atoms with E-state index in [1.165, 1.54) is 24.3 Å². The first kappa shape index (κ1) is 19.5. The maximum atomic E-state index is 12.4. The highest BCUT2D eigenvalue weighted by atomic mass is 127. The fourth-order valence-electron chi connectivity index (χ4n) is 1.93. The van der Waals surface area contributed by atoms with Crippen LogP contribution in [0.5, 0.6) is 0 Å². The second-order valence-corrected chi connectivity index (χ2v) is 8.07. The van der Waals surface area contributed by atoms with Crippen LogP contribution in [0, 0.1) is 3.57 Å². The van der Waals surface area contributed by atoms with E-state index in [1.807, 2.05) is 19.1 Å². The van der Waals surface area contributed by atoms with E-state index in [9.17, 15) is 13.2 Å². The van der Waals surface area contributed by atoms with Crippen LogP contribution < -0.4 is 10.0 Å². The standard InChI is InChI=1S/C17H19IN2O4S/c1-2-3-12-24-17(21)19-13-8-10-14(11-9-13)25(22,23)20-16-7-5-4-6-15(16)18/h4-11,20H,2-3,12H2,1H3,(H,19,21). The van der Waals surface area contributed by atoms with Crippen molar-refractivity contribution in [2.45, 2.75) is 24.7 Å². The van der Waals surface area contributed by atoms with Crippen LogP contribution >= 0.6 is 22.6 Å². The van der Waals surface area contributed by atoms with Gasteiger partial charge in [-0.2, -0.15) is 0 Å². The summed E-state index contributed by atoms with van der Waals surface area (Å²) in [6.45, 7) is 2.36. The van der Waals surface area contributed by atoms with Crippen molar-refractivity contribution in [3.8, 4) is 0 Å². The monoisotopic (exact) mass is 474 g/mol. The number of amides is 1. The van der Waals surface area contributed by atoms with E-state index in [0.717, 1.165) is 16.4 Å². The SMILES string of the molecule is CCCCOC(=O)Nc1ccc(S(=O)(=O)Nc2ccccc2I)cc1. The van der Waals surface area contributed by atoms with Gasteiger partial charge in [-0.1, -0.05) is 25.5 Å². The smallest absolute Gasteiger partial charge is 0.411 e. The molecule has 2 aromatic carbocycles. The van der Waals surface area contributed by atoms with Crippen molar-refractivity contribution in [2.75, 3.05) is 16.6 Å². The summed E-state index contributed by atoms with van der Waals surface area (Å²) in [5.74, 6) is 0. The molecule has 0 aliphatic heterocycles. The number of carbonyl (C=O) groups excluding carboxylic acids is 1. The van der Waals surface area contributed by atoms with Gasteiger partial charge in [0, 0.05) is 9.26 Å². The molecule has 2 rings (SSSR count). The maximum Gasteiger partial charge on any atom is 0.411 e. The number of para-hydroxylation sites is 1. The van der Waals surface area contributed by atoms with Gasteiger partial charge in [0.2, 0.25) is 0 Å². The van der Waals surface area contributed by atoms with Crippen molar-refractivity contribution in [1.29, 1.82) is 0 Å². The van der Waals surface area contributed by atoms with E-state index in [-0.39, 0.29) is 4.90 Å². The van der Waals surface area contributed by atoms with Crippen LogP contribution in [0.25, 0.3) is 0 Å². The second kappa shape index (κ2) is 9.04. The lowest BCUT2D eigenvalue weighted by Gasteiger charge is -2.11.